The highest BCUT2D eigenvalue weighted by atomic mass is 32.1. The highest BCUT2D eigenvalue weighted by molar-refractivity contribution is 7.07. The zero-order chi connectivity index (χ0) is 11.1. The number of hydrogen-bond acceptors (Lipinski definition) is 4. The second-order valence-electron chi connectivity index (χ2n) is 4.65. The molecule has 2 aliphatic rings. The van der Waals surface area contributed by atoms with Gasteiger partial charge in [-0.15, -0.1) is 11.3 Å². The quantitative estimate of drug-likeness (QED) is 0.793. The first kappa shape index (κ1) is 10.2. The molecule has 1 saturated heterocycles. The zero-order valence-electron chi connectivity index (χ0n) is 8.87. The van der Waals surface area contributed by atoms with Gasteiger partial charge >= 0.3 is 0 Å². The van der Waals surface area contributed by atoms with E-state index in [1.807, 2.05) is 4.90 Å². The summed E-state index contributed by atoms with van der Waals surface area (Å²) in [4.78, 5) is 17.9. The fraction of sp³-hybridized carbons (Fsp3) is 0.636. The van der Waals surface area contributed by atoms with E-state index in [0.717, 1.165) is 19.4 Å². The molecule has 86 valence electrons. The molecule has 1 N–H and O–H groups in total. The van der Waals surface area contributed by atoms with Crippen LogP contribution in [0, 0.1) is 11.8 Å². The van der Waals surface area contributed by atoms with E-state index in [1.54, 1.807) is 10.9 Å². The van der Waals surface area contributed by atoms with Gasteiger partial charge in [-0.1, -0.05) is 0 Å². The summed E-state index contributed by atoms with van der Waals surface area (Å²) in [5.74, 6) is 0.808. The van der Waals surface area contributed by atoms with Gasteiger partial charge in [-0.3, -0.25) is 4.79 Å². The topological polar surface area (TPSA) is 53.4 Å². The minimum atomic E-state index is -0.210. The van der Waals surface area contributed by atoms with Crippen molar-refractivity contribution in [1.82, 2.24) is 9.88 Å². The third-order valence-electron chi connectivity index (χ3n) is 3.76. The Hall–Kier alpha value is -0.940. The van der Waals surface area contributed by atoms with E-state index in [0.29, 0.717) is 24.1 Å². The lowest BCUT2D eigenvalue weighted by Gasteiger charge is -2.17. The highest BCUT2D eigenvalue weighted by Crippen LogP contribution is 2.38. The van der Waals surface area contributed by atoms with Crippen molar-refractivity contribution >= 4 is 17.2 Å². The number of rotatable bonds is 1. The number of carbonyl (C=O) groups is 1. The molecule has 0 spiro atoms. The molecule has 3 atom stereocenters. The molecular formula is C11H14N2O2S. The summed E-state index contributed by atoms with van der Waals surface area (Å²) in [6.07, 6.45) is 1.74. The van der Waals surface area contributed by atoms with Gasteiger partial charge < -0.3 is 10.0 Å². The molecule has 3 unspecified atom stereocenters. The SMILES string of the molecule is O=C(c1cscn1)N1CC2CCC(O)C2C1. The van der Waals surface area contributed by atoms with Crippen LogP contribution in [0.4, 0.5) is 0 Å². The van der Waals surface area contributed by atoms with Gasteiger partial charge in [0.15, 0.2) is 0 Å². The number of carbonyl (C=O) groups excluding carboxylic acids is 1. The summed E-state index contributed by atoms with van der Waals surface area (Å²) in [7, 11) is 0. The molecule has 1 aromatic rings. The molecule has 4 nitrogen and oxygen atoms in total. The fourth-order valence-electron chi connectivity index (χ4n) is 2.88. The van der Waals surface area contributed by atoms with Crippen LogP contribution < -0.4 is 0 Å². The summed E-state index contributed by atoms with van der Waals surface area (Å²) >= 11 is 1.44. The van der Waals surface area contributed by atoms with Gasteiger partial charge in [0, 0.05) is 24.4 Å². The van der Waals surface area contributed by atoms with Crippen LogP contribution in [-0.2, 0) is 0 Å². The van der Waals surface area contributed by atoms with Crippen LogP contribution in [0.1, 0.15) is 23.3 Å². The van der Waals surface area contributed by atoms with Gasteiger partial charge in [-0.25, -0.2) is 4.98 Å². The number of aromatic nitrogens is 1. The number of amides is 1. The lowest BCUT2D eigenvalue weighted by atomic mass is 10.00. The third-order valence-corrected chi connectivity index (χ3v) is 4.34. The molecule has 1 aliphatic heterocycles. The van der Waals surface area contributed by atoms with E-state index in [-0.39, 0.29) is 12.0 Å². The molecule has 16 heavy (non-hydrogen) atoms. The molecule has 3 rings (SSSR count). The number of thiazole rings is 1. The summed E-state index contributed by atoms with van der Waals surface area (Å²) in [6.45, 7) is 1.49. The molecule has 2 heterocycles. The number of aliphatic hydroxyl groups excluding tert-OH is 1. The number of aliphatic hydroxyl groups is 1. The number of likely N-dealkylation sites (tertiary alicyclic amines) is 1. The summed E-state index contributed by atoms with van der Waals surface area (Å²) in [6, 6.07) is 0. The van der Waals surface area contributed by atoms with E-state index in [4.69, 9.17) is 0 Å². The molecule has 1 aliphatic carbocycles. The fourth-order valence-corrected chi connectivity index (χ4v) is 3.41. The zero-order valence-corrected chi connectivity index (χ0v) is 9.69. The molecule has 1 amide bonds. The van der Waals surface area contributed by atoms with Crippen LogP contribution in [0.25, 0.3) is 0 Å². The second-order valence-corrected chi connectivity index (χ2v) is 5.37. The number of fused-ring (bicyclic) bond motifs is 1. The standard InChI is InChI=1S/C11H14N2O2S/c14-10-2-1-7-3-13(4-8(7)10)11(15)9-5-16-6-12-9/h5-8,10,14H,1-4H2. The lowest BCUT2D eigenvalue weighted by molar-refractivity contribution is 0.0747. The highest BCUT2D eigenvalue weighted by Gasteiger charge is 2.43. The molecule has 2 fully saturated rings. The van der Waals surface area contributed by atoms with Gasteiger partial charge in [0.2, 0.25) is 0 Å². The Kier molecular flexibility index (Phi) is 2.44. The Labute approximate surface area is 97.9 Å². The monoisotopic (exact) mass is 238 g/mol. The van der Waals surface area contributed by atoms with Crippen molar-refractivity contribution in [3.05, 3.63) is 16.6 Å². The van der Waals surface area contributed by atoms with E-state index in [9.17, 15) is 9.90 Å². The number of hydrogen-bond donors (Lipinski definition) is 1. The van der Waals surface area contributed by atoms with Crippen molar-refractivity contribution in [2.45, 2.75) is 18.9 Å². The lowest BCUT2D eigenvalue weighted by Crippen LogP contribution is -2.31. The van der Waals surface area contributed by atoms with Gasteiger partial charge in [-0.05, 0) is 18.8 Å². The second kappa shape index (κ2) is 3.82. The minimum absolute atomic E-state index is 0.0165. The van der Waals surface area contributed by atoms with Gasteiger partial charge in [0.1, 0.15) is 5.69 Å². The summed E-state index contributed by atoms with van der Waals surface area (Å²) in [5.41, 5.74) is 2.22. The predicted molar refractivity (Wildman–Crippen MR) is 60.2 cm³/mol. The van der Waals surface area contributed by atoms with E-state index in [1.165, 1.54) is 11.3 Å². The van der Waals surface area contributed by atoms with Gasteiger partial charge in [0.05, 0.1) is 11.6 Å². The van der Waals surface area contributed by atoms with Crippen LogP contribution in [0.2, 0.25) is 0 Å². The van der Waals surface area contributed by atoms with Crippen LogP contribution >= 0.6 is 11.3 Å². The van der Waals surface area contributed by atoms with Crippen LogP contribution in [0.15, 0.2) is 10.9 Å². The van der Waals surface area contributed by atoms with Crippen molar-refractivity contribution in [3.8, 4) is 0 Å². The average Bonchev–Trinajstić information content (AvgIpc) is 2.96. The van der Waals surface area contributed by atoms with E-state index < -0.39 is 0 Å². The molecular weight excluding hydrogens is 224 g/mol. The minimum Gasteiger partial charge on any atom is -0.393 e. The maximum atomic E-state index is 12.0. The molecule has 5 heteroatoms. The van der Waals surface area contributed by atoms with Crippen molar-refractivity contribution in [2.24, 2.45) is 11.8 Å². The Bertz CT molecular complexity index is 393. The Morgan fingerprint density at radius 1 is 1.50 bits per heavy atom. The van der Waals surface area contributed by atoms with Crippen molar-refractivity contribution < 1.29 is 9.90 Å². The van der Waals surface area contributed by atoms with Crippen LogP contribution in [0.5, 0.6) is 0 Å². The Morgan fingerprint density at radius 2 is 2.38 bits per heavy atom. The third kappa shape index (κ3) is 1.55. The summed E-state index contributed by atoms with van der Waals surface area (Å²) < 4.78 is 0. The molecule has 1 aromatic heterocycles. The first-order valence-corrected chi connectivity index (χ1v) is 6.55. The van der Waals surface area contributed by atoms with Crippen LogP contribution in [0.3, 0.4) is 0 Å². The molecule has 1 saturated carbocycles. The molecule has 0 bridgehead atoms. The summed E-state index contributed by atoms with van der Waals surface area (Å²) in [5, 5.41) is 11.6. The maximum Gasteiger partial charge on any atom is 0.273 e. The Balaban J connectivity index is 1.73. The molecule has 0 radical (unpaired) electrons. The Morgan fingerprint density at radius 3 is 3.06 bits per heavy atom. The molecule has 0 aromatic carbocycles. The van der Waals surface area contributed by atoms with Crippen LogP contribution in [-0.4, -0.2) is 40.1 Å². The van der Waals surface area contributed by atoms with Crippen molar-refractivity contribution in [2.75, 3.05) is 13.1 Å². The largest absolute Gasteiger partial charge is 0.393 e. The van der Waals surface area contributed by atoms with Gasteiger partial charge in [0.25, 0.3) is 5.91 Å². The van der Waals surface area contributed by atoms with E-state index >= 15 is 0 Å². The predicted octanol–water partition coefficient (Wildman–Crippen LogP) is 0.986. The van der Waals surface area contributed by atoms with Gasteiger partial charge in [-0.2, -0.15) is 0 Å². The normalized spacial score (nSPS) is 33.1. The first-order valence-electron chi connectivity index (χ1n) is 5.61. The average molecular weight is 238 g/mol. The smallest absolute Gasteiger partial charge is 0.273 e. The van der Waals surface area contributed by atoms with Crippen molar-refractivity contribution in [1.29, 1.82) is 0 Å². The van der Waals surface area contributed by atoms with Crippen molar-refractivity contribution in [3.63, 3.8) is 0 Å². The van der Waals surface area contributed by atoms with E-state index in [2.05, 4.69) is 4.98 Å². The number of nitrogens with zero attached hydrogens (tertiary/aromatic N) is 2. The maximum absolute atomic E-state index is 12.0. The first-order chi connectivity index (χ1) is 7.75.